The number of anilines is 1. The normalized spacial score (nSPS) is 10.7. The molecule has 0 bridgehead atoms. The monoisotopic (exact) mass is 278 g/mol. The largest absolute Gasteiger partial charge is 0.489 e. The predicted molar refractivity (Wildman–Crippen MR) is 86.3 cm³/mol. The van der Waals surface area contributed by atoms with E-state index in [9.17, 15) is 0 Å². The molecule has 0 aliphatic heterocycles. The van der Waals surface area contributed by atoms with Gasteiger partial charge in [0, 0.05) is 22.8 Å². The Morgan fingerprint density at radius 3 is 2.86 bits per heavy atom. The first-order valence-electron chi connectivity index (χ1n) is 7.11. The number of benzene rings is 2. The number of pyridine rings is 1. The summed E-state index contributed by atoms with van der Waals surface area (Å²) >= 11 is 0. The highest BCUT2D eigenvalue weighted by molar-refractivity contribution is 5.92. The zero-order valence-corrected chi connectivity index (χ0v) is 12.0. The summed E-state index contributed by atoms with van der Waals surface area (Å²) in [7, 11) is 0. The van der Waals surface area contributed by atoms with Crippen LogP contribution in [0.2, 0.25) is 0 Å². The highest BCUT2D eigenvalue weighted by Gasteiger charge is 2.06. The van der Waals surface area contributed by atoms with Crippen molar-refractivity contribution in [1.82, 2.24) is 4.98 Å². The van der Waals surface area contributed by atoms with Gasteiger partial charge in [0.25, 0.3) is 0 Å². The lowest BCUT2D eigenvalue weighted by atomic mass is 10.1. The van der Waals surface area contributed by atoms with E-state index in [0.29, 0.717) is 6.61 Å². The van der Waals surface area contributed by atoms with Gasteiger partial charge in [-0.25, -0.2) is 0 Å². The molecule has 1 aromatic heterocycles. The number of hydrogen-bond donors (Lipinski definition) is 1. The molecular formula is C18H18N2O. The van der Waals surface area contributed by atoms with Crippen LogP contribution in [0.25, 0.3) is 10.9 Å². The molecule has 0 atom stereocenters. The standard InChI is InChI=1S/C18H18N2O/c1-2-13-5-3-6-15(11-13)21-12-14-8-9-17(19)16-7-4-10-20-18(14)16/h3-11H,2,12,19H2,1H3. The molecule has 106 valence electrons. The zero-order valence-electron chi connectivity index (χ0n) is 12.0. The van der Waals surface area contributed by atoms with Crippen LogP contribution in [-0.4, -0.2) is 4.98 Å². The van der Waals surface area contributed by atoms with E-state index in [0.717, 1.165) is 34.3 Å². The highest BCUT2D eigenvalue weighted by Crippen LogP contribution is 2.24. The summed E-state index contributed by atoms with van der Waals surface area (Å²) in [6, 6.07) is 16.0. The Labute approximate surface area is 124 Å². The molecule has 3 heteroatoms. The van der Waals surface area contributed by atoms with Crippen molar-refractivity contribution in [3.8, 4) is 5.75 Å². The molecule has 0 aliphatic rings. The topological polar surface area (TPSA) is 48.1 Å². The van der Waals surface area contributed by atoms with Gasteiger partial charge >= 0.3 is 0 Å². The van der Waals surface area contributed by atoms with Gasteiger partial charge in [-0.3, -0.25) is 4.98 Å². The van der Waals surface area contributed by atoms with Crippen LogP contribution in [0.1, 0.15) is 18.1 Å². The fraction of sp³-hybridized carbons (Fsp3) is 0.167. The molecule has 0 spiro atoms. The second kappa shape index (κ2) is 5.83. The van der Waals surface area contributed by atoms with Crippen molar-refractivity contribution in [3.05, 3.63) is 65.9 Å². The third-order valence-electron chi connectivity index (χ3n) is 3.59. The van der Waals surface area contributed by atoms with Crippen molar-refractivity contribution in [1.29, 1.82) is 0 Å². The summed E-state index contributed by atoms with van der Waals surface area (Å²) in [6.07, 6.45) is 2.78. The summed E-state index contributed by atoms with van der Waals surface area (Å²) in [4.78, 5) is 4.43. The second-order valence-corrected chi connectivity index (χ2v) is 5.00. The van der Waals surface area contributed by atoms with Gasteiger partial charge in [0.1, 0.15) is 12.4 Å². The number of rotatable bonds is 4. The maximum absolute atomic E-state index is 5.99. The molecule has 0 unspecified atom stereocenters. The number of nitrogen functional groups attached to an aromatic ring is 1. The van der Waals surface area contributed by atoms with E-state index >= 15 is 0 Å². The highest BCUT2D eigenvalue weighted by atomic mass is 16.5. The number of fused-ring (bicyclic) bond motifs is 1. The quantitative estimate of drug-likeness (QED) is 0.735. The number of aromatic nitrogens is 1. The predicted octanol–water partition coefficient (Wildman–Crippen LogP) is 3.96. The lowest BCUT2D eigenvalue weighted by Crippen LogP contribution is -1.99. The Hall–Kier alpha value is -2.55. The maximum Gasteiger partial charge on any atom is 0.120 e. The molecule has 2 aromatic carbocycles. The van der Waals surface area contributed by atoms with Crippen LogP contribution in [0.15, 0.2) is 54.7 Å². The van der Waals surface area contributed by atoms with Crippen LogP contribution in [0.4, 0.5) is 5.69 Å². The summed E-state index contributed by atoms with van der Waals surface area (Å²) in [5.74, 6) is 0.884. The minimum Gasteiger partial charge on any atom is -0.489 e. The van der Waals surface area contributed by atoms with Crippen molar-refractivity contribution >= 4 is 16.6 Å². The van der Waals surface area contributed by atoms with Crippen molar-refractivity contribution < 1.29 is 4.74 Å². The lowest BCUT2D eigenvalue weighted by Gasteiger charge is -2.10. The van der Waals surface area contributed by atoms with Gasteiger partial charge in [0.2, 0.25) is 0 Å². The first kappa shape index (κ1) is 13.4. The van der Waals surface area contributed by atoms with E-state index in [4.69, 9.17) is 10.5 Å². The van der Waals surface area contributed by atoms with E-state index in [1.54, 1.807) is 6.20 Å². The van der Waals surface area contributed by atoms with Crippen LogP contribution in [-0.2, 0) is 13.0 Å². The van der Waals surface area contributed by atoms with Gasteiger partial charge < -0.3 is 10.5 Å². The molecule has 0 fully saturated rings. The molecule has 3 nitrogen and oxygen atoms in total. The summed E-state index contributed by atoms with van der Waals surface area (Å²) < 4.78 is 5.90. The number of nitrogens with zero attached hydrogens (tertiary/aromatic N) is 1. The van der Waals surface area contributed by atoms with Gasteiger partial charge in [-0.1, -0.05) is 25.1 Å². The molecule has 21 heavy (non-hydrogen) atoms. The van der Waals surface area contributed by atoms with Gasteiger partial charge in [-0.05, 0) is 42.3 Å². The van der Waals surface area contributed by atoms with Crippen molar-refractivity contribution in [2.24, 2.45) is 0 Å². The smallest absolute Gasteiger partial charge is 0.120 e. The summed E-state index contributed by atoms with van der Waals surface area (Å²) in [6.45, 7) is 2.62. The molecule has 0 amide bonds. The number of aryl methyl sites for hydroxylation is 1. The minimum atomic E-state index is 0.487. The van der Waals surface area contributed by atoms with Gasteiger partial charge in [0.05, 0.1) is 5.52 Å². The van der Waals surface area contributed by atoms with Crippen LogP contribution in [0, 0.1) is 0 Å². The van der Waals surface area contributed by atoms with Gasteiger partial charge in [-0.15, -0.1) is 0 Å². The van der Waals surface area contributed by atoms with Crippen molar-refractivity contribution in [3.63, 3.8) is 0 Å². The number of hydrogen-bond acceptors (Lipinski definition) is 3. The first-order valence-corrected chi connectivity index (χ1v) is 7.11. The molecule has 0 radical (unpaired) electrons. The van der Waals surface area contributed by atoms with Crippen molar-refractivity contribution in [2.45, 2.75) is 20.0 Å². The average Bonchev–Trinajstić information content (AvgIpc) is 2.55. The lowest BCUT2D eigenvalue weighted by molar-refractivity contribution is 0.307. The molecule has 0 saturated carbocycles. The fourth-order valence-corrected chi connectivity index (χ4v) is 2.39. The van der Waals surface area contributed by atoms with Gasteiger partial charge in [-0.2, -0.15) is 0 Å². The Balaban J connectivity index is 1.87. The van der Waals surface area contributed by atoms with E-state index < -0.39 is 0 Å². The second-order valence-electron chi connectivity index (χ2n) is 5.00. The molecule has 0 aliphatic carbocycles. The third-order valence-corrected chi connectivity index (χ3v) is 3.59. The molecule has 2 N–H and O–H groups in total. The number of ether oxygens (including phenoxy) is 1. The van der Waals surface area contributed by atoms with Gasteiger partial charge in [0.15, 0.2) is 0 Å². The Bertz CT molecular complexity index is 768. The van der Waals surface area contributed by atoms with Crippen molar-refractivity contribution in [2.75, 3.05) is 5.73 Å². The maximum atomic E-state index is 5.99. The van der Waals surface area contributed by atoms with E-state index in [1.165, 1.54) is 5.56 Å². The fourth-order valence-electron chi connectivity index (χ4n) is 2.39. The number of nitrogens with two attached hydrogens (primary N) is 1. The van der Waals surface area contributed by atoms with E-state index in [1.807, 2.05) is 36.4 Å². The zero-order chi connectivity index (χ0) is 14.7. The van der Waals surface area contributed by atoms with E-state index in [-0.39, 0.29) is 0 Å². The third kappa shape index (κ3) is 2.82. The van der Waals surface area contributed by atoms with Crippen LogP contribution in [0.5, 0.6) is 5.75 Å². The summed E-state index contributed by atoms with van der Waals surface area (Å²) in [5.41, 5.74) is 9.96. The molecular weight excluding hydrogens is 260 g/mol. The van der Waals surface area contributed by atoms with Crippen LogP contribution < -0.4 is 10.5 Å². The van der Waals surface area contributed by atoms with Crippen LogP contribution >= 0.6 is 0 Å². The average molecular weight is 278 g/mol. The Morgan fingerprint density at radius 1 is 1.10 bits per heavy atom. The summed E-state index contributed by atoms with van der Waals surface area (Å²) in [5, 5.41) is 0.973. The molecule has 1 heterocycles. The Kier molecular flexibility index (Phi) is 3.73. The molecule has 3 rings (SSSR count). The SMILES string of the molecule is CCc1cccc(OCc2ccc(N)c3cccnc23)c1. The first-order chi connectivity index (χ1) is 10.3. The minimum absolute atomic E-state index is 0.487. The Morgan fingerprint density at radius 2 is 2.00 bits per heavy atom. The molecule has 0 saturated heterocycles. The molecule has 3 aromatic rings. The van der Waals surface area contributed by atoms with E-state index in [2.05, 4.69) is 24.0 Å². The van der Waals surface area contributed by atoms with Crippen LogP contribution in [0.3, 0.4) is 0 Å².